The largest absolute Gasteiger partial charge is 0.458 e. The highest BCUT2D eigenvalue weighted by atomic mass is 16.6. The second-order valence-corrected chi connectivity index (χ2v) is 15.6. The van der Waals surface area contributed by atoms with Crippen molar-refractivity contribution >= 4 is 35.7 Å². The van der Waals surface area contributed by atoms with E-state index in [1.165, 1.54) is 16.7 Å². The molecule has 0 aliphatic carbocycles. The molecule has 0 bridgehead atoms. The Balaban J connectivity index is 1.78. The van der Waals surface area contributed by atoms with Crippen LogP contribution in [-0.4, -0.2) is 107 Å². The molecule has 2 aliphatic heterocycles. The normalized spacial score (nSPS) is 20.2. The second kappa shape index (κ2) is 19.6. The van der Waals surface area contributed by atoms with Gasteiger partial charge in [0.25, 0.3) is 0 Å². The van der Waals surface area contributed by atoms with Crippen LogP contribution in [0.3, 0.4) is 0 Å². The summed E-state index contributed by atoms with van der Waals surface area (Å²) in [5.74, 6) is -2.82. The predicted molar refractivity (Wildman–Crippen MR) is 198 cm³/mol. The molecular weight excluding hydrogens is 682 g/mol. The number of nitrogens with zero attached hydrogens (tertiary/aromatic N) is 2. The van der Waals surface area contributed by atoms with Gasteiger partial charge in [-0.05, 0) is 85.6 Å². The maximum atomic E-state index is 14.4. The number of rotatable bonds is 16. The summed E-state index contributed by atoms with van der Waals surface area (Å²) in [6.45, 7) is 16.8. The molecule has 1 aromatic rings. The van der Waals surface area contributed by atoms with Gasteiger partial charge in [0.2, 0.25) is 23.6 Å². The number of carbonyl (C=O) groups excluding carboxylic acids is 6. The average Bonchev–Trinajstić information content (AvgIpc) is 3.58. The first-order valence-electron chi connectivity index (χ1n) is 18.5. The number of esters is 1. The molecule has 0 aromatic heterocycles. The van der Waals surface area contributed by atoms with E-state index < -0.39 is 71.1 Å². The van der Waals surface area contributed by atoms with Crippen LogP contribution in [-0.2, 0) is 44.8 Å². The molecule has 5 atom stereocenters. The van der Waals surface area contributed by atoms with Crippen LogP contribution >= 0.6 is 0 Å². The van der Waals surface area contributed by atoms with Crippen molar-refractivity contribution in [2.45, 2.75) is 129 Å². The Labute approximate surface area is 313 Å². The molecule has 2 fully saturated rings. The number of piperidine rings is 1. The summed E-state index contributed by atoms with van der Waals surface area (Å²) in [7, 11) is 0. The zero-order valence-electron chi connectivity index (χ0n) is 32.4. The van der Waals surface area contributed by atoms with Gasteiger partial charge >= 0.3 is 12.1 Å². The Bertz CT molecular complexity index is 1440. The van der Waals surface area contributed by atoms with Crippen LogP contribution < -0.4 is 16.0 Å². The summed E-state index contributed by atoms with van der Waals surface area (Å²) >= 11 is 0. The lowest BCUT2D eigenvalue weighted by molar-refractivity contribution is -0.165. The Hall–Kier alpha value is -4.46. The van der Waals surface area contributed by atoms with Crippen molar-refractivity contribution < 1.29 is 43.0 Å². The number of unbranched alkanes of at least 4 members (excludes halogenated alkanes) is 1. The summed E-state index contributed by atoms with van der Waals surface area (Å²) in [6, 6.07) is 5.45. The van der Waals surface area contributed by atoms with Crippen LogP contribution in [0.2, 0.25) is 0 Å². The van der Waals surface area contributed by atoms with Crippen molar-refractivity contribution in [2.75, 3.05) is 26.2 Å². The number of amides is 5. The van der Waals surface area contributed by atoms with Crippen LogP contribution in [0, 0.1) is 5.92 Å². The number of nitrogens with one attached hydrogen (secondary N) is 3. The Morgan fingerprint density at radius 2 is 1.68 bits per heavy atom. The standard InChI is InChI=1S/C39H59N5O9/c1-9-28-20-23-44(35(48)32(28)42-33(46)29(41-26(2)45)25-52-38(3,4)5)30(34(47)43-22-15-19-31(43)36(49)53-39(6,7)8)18-13-14-21-40-37(50)51-24-27-16-11-10-12-17-27/h9-12,16-17,28-32H,1,13-15,18-25H2,2-8H3,(H,40,50)(H,41,45)(H,42,46)/t28-,29+,30+,31+,32+/m1/s1. The molecule has 14 nitrogen and oxygen atoms in total. The van der Waals surface area contributed by atoms with Gasteiger partial charge in [-0.25, -0.2) is 9.59 Å². The first-order chi connectivity index (χ1) is 24.9. The van der Waals surface area contributed by atoms with Crippen LogP contribution in [0.4, 0.5) is 4.79 Å². The fourth-order valence-corrected chi connectivity index (χ4v) is 6.35. The van der Waals surface area contributed by atoms with Crippen LogP contribution in [0.1, 0.15) is 92.6 Å². The van der Waals surface area contributed by atoms with Crippen molar-refractivity contribution in [3.05, 3.63) is 48.6 Å². The van der Waals surface area contributed by atoms with Gasteiger partial charge in [0.1, 0.15) is 36.4 Å². The summed E-state index contributed by atoms with van der Waals surface area (Å²) in [5, 5.41) is 8.15. The molecule has 3 rings (SSSR count). The molecule has 2 heterocycles. The second-order valence-electron chi connectivity index (χ2n) is 15.6. The summed E-state index contributed by atoms with van der Waals surface area (Å²) in [4.78, 5) is 82.8. The monoisotopic (exact) mass is 741 g/mol. The fourth-order valence-electron chi connectivity index (χ4n) is 6.35. The molecule has 0 saturated carbocycles. The zero-order chi connectivity index (χ0) is 39.3. The summed E-state index contributed by atoms with van der Waals surface area (Å²) < 4.78 is 16.7. The molecule has 294 valence electrons. The van der Waals surface area contributed by atoms with Crippen molar-refractivity contribution in [1.82, 2.24) is 25.8 Å². The van der Waals surface area contributed by atoms with Crippen molar-refractivity contribution in [1.29, 1.82) is 0 Å². The number of carbonyl (C=O) groups is 6. The molecule has 1 aromatic carbocycles. The third kappa shape index (κ3) is 13.8. The van der Waals surface area contributed by atoms with E-state index in [1.54, 1.807) is 26.8 Å². The van der Waals surface area contributed by atoms with Crippen LogP contribution in [0.5, 0.6) is 0 Å². The molecule has 0 spiro atoms. The number of likely N-dealkylation sites (tertiary alicyclic amines) is 2. The Morgan fingerprint density at radius 3 is 2.30 bits per heavy atom. The predicted octanol–water partition coefficient (Wildman–Crippen LogP) is 3.62. The van der Waals surface area contributed by atoms with E-state index in [0.29, 0.717) is 38.6 Å². The highest BCUT2D eigenvalue weighted by Gasteiger charge is 2.45. The van der Waals surface area contributed by atoms with Crippen LogP contribution in [0.25, 0.3) is 0 Å². The molecular formula is C39H59N5O9. The van der Waals surface area contributed by atoms with E-state index in [9.17, 15) is 28.8 Å². The number of hydrogen-bond donors (Lipinski definition) is 3. The fraction of sp³-hybridized carbons (Fsp3) is 0.641. The van der Waals surface area contributed by atoms with Gasteiger partial charge in [-0.15, -0.1) is 6.58 Å². The van der Waals surface area contributed by atoms with Gasteiger partial charge in [0, 0.05) is 32.5 Å². The highest BCUT2D eigenvalue weighted by Crippen LogP contribution is 2.28. The first-order valence-corrected chi connectivity index (χ1v) is 18.5. The van der Waals surface area contributed by atoms with Crippen molar-refractivity contribution in [3.63, 3.8) is 0 Å². The molecule has 0 radical (unpaired) electrons. The minimum atomic E-state index is -1.07. The summed E-state index contributed by atoms with van der Waals surface area (Å²) in [5.41, 5.74) is -0.473. The van der Waals surface area contributed by atoms with E-state index in [-0.39, 0.29) is 38.6 Å². The minimum absolute atomic E-state index is 0.117. The maximum absolute atomic E-state index is 14.4. The molecule has 3 N–H and O–H groups in total. The van der Waals surface area contributed by atoms with E-state index in [0.717, 1.165) is 5.56 Å². The third-order valence-electron chi connectivity index (χ3n) is 8.92. The highest BCUT2D eigenvalue weighted by molar-refractivity contribution is 5.96. The quantitative estimate of drug-likeness (QED) is 0.130. The number of ether oxygens (including phenoxy) is 3. The minimum Gasteiger partial charge on any atom is -0.458 e. The molecule has 0 unspecified atom stereocenters. The zero-order valence-corrected chi connectivity index (χ0v) is 32.4. The van der Waals surface area contributed by atoms with E-state index in [4.69, 9.17) is 14.2 Å². The molecule has 2 saturated heterocycles. The number of benzene rings is 1. The van der Waals surface area contributed by atoms with Gasteiger partial charge in [-0.3, -0.25) is 19.2 Å². The first kappa shape index (κ1) is 42.9. The molecule has 14 heteroatoms. The van der Waals surface area contributed by atoms with Gasteiger partial charge in [0.15, 0.2) is 0 Å². The van der Waals surface area contributed by atoms with E-state index in [1.807, 2.05) is 51.1 Å². The van der Waals surface area contributed by atoms with Crippen molar-refractivity contribution in [2.24, 2.45) is 5.92 Å². The van der Waals surface area contributed by atoms with Gasteiger partial charge in [-0.1, -0.05) is 36.4 Å². The Morgan fingerprint density at radius 1 is 0.981 bits per heavy atom. The topological polar surface area (TPSA) is 173 Å². The molecule has 53 heavy (non-hydrogen) atoms. The SMILES string of the molecule is C=C[C@@H]1CCN([C@@H](CCCCNC(=O)OCc2ccccc2)C(=O)N2CCC[C@H]2C(=O)OC(C)(C)C)C(=O)[C@H]1NC(=O)[C@H](COC(C)(C)C)NC(C)=O. The lowest BCUT2D eigenvalue weighted by Gasteiger charge is -2.42. The smallest absolute Gasteiger partial charge is 0.407 e. The third-order valence-corrected chi connectivity index (χ3v) is 8.92. The van der Waals surface area contributed by atoms with Gasteiger partial charge < -0.3 is 40.0 Å². The number of hydrogen-bond acceptors (Lipinski definition) is 9. The Kier molecular flexibility index (Phi) is 15.9. The lowest BCUT2D eigenvalue weighted by atomic mass is 9.88. The van der Waals surface area contributed by atoms with Crippen molar-refractivity contribution in [3.8, 4) is 0 Å². The van der Waals surface area contributed by atoms with Gasteiger partial charge in [0.05, 0.1) is 12.2 Å². The van der Waals surface area contributed by atoms with Gasteiger partial charge in [-0.2, -0.15) is 0 Å². The van der Waals surface area contributed by atoms with E-state index >= 15 is 0 Å². The molecule has 5 amide bonds. The average molecular weight is 742 g/mol. The van der Waals surface area contributed by atoms with E-state index in [2.05, 4.69) is 22.5 Å². The molecule has 2 aliphatic rings. The summed E-state index contributed by atoms with van der Waals surface area (Å²) in [6.07, 6.45) is 3.69. The lowest BCUT2D eigenvalue weighted by Crippen LogP contribution is -2.64. The maximum Gasteiger partial charge on any atom is 0.407 e. The number of alkyl carbamates (subject to hydrolysis) is 1. The van der Waals surface area contributed by atoms with Crippen LogP contribution in [0.15, 0.2) is 43.0 Å².